The van der Waals surface area contributed by atoms with Crippen molar-refractivity contribution in [1.29, 1.82) is 0 Å². The minimum atomic E-state index is -0.110. The fourth-order valence-electron chi connectivity index (χ4n) is 4.66. The lowest BCUT2D eigenvalue weighted by molar-refractivity contribution is -0.134. The molecule has 0 saturated carbocycles. The first-order valence-electron chi connectivity index (χ1n) is 15.2. The lowest BCUT2D eigenvalue weighted by Gasteiger charge is -2.33. The summed E-state index contributed by atoms with van der Waals surface area (Å²) >= 11 is 0. The Morgan fingerprint density at radius 1 is 0.565 bits per heavy atom. The van der Waals surface area contributed by atoms with Crippen LogP contribution in [-0.4, -0.2) is 88.4 Å². The van der Waals surface area contributed by atoms with E-state index in [1.165, 1.54) is 12.2 Å². The van der Waals surface area contributed by atoms with Gasteiger partial charge in [0, 0.05) is 38.3 Å². The number of ether oxygens (including phenoxy) is 6. The van der Waals surface area contributed by atoms with E-state index in [9.17, 15) is 9.59 Å². The third-order valence-electron chi connectivity index (χ3n) is 6.85. The fraction of sp³-hybridized carbons (Fsp3) is 0.389. The van der Waals surface area contributed by atoms with Crippen molar-refractivity contribution in [2.24, 2.45) is 0 Å². The maximum Gasteiger partial charge on any atom is 0.246 e. The molecular formula is C36H46N2O8. The zero-order chi connectivity index (χ0) is 33.6. The summed E-state index contributed by atoms with van der Waals surface area (Å²) < 4.78 is 33.6. The van der Waals surface area contributed by atoms with Crippen LogP contribution in [0.15, 0.2) is 60.7 Å². The highest BCUT2D eigenvalue weighted by molar-refractivity contribution is 5.90. The number of nitrogens with zero attached hydrogens (tertiary/aromatic N) is 2. The highest BCUT2D eigenvalue weighted by Crippen LogP contribution is 2.40. The van der Waals surface area contributed by atoms with Crippen LogP contribution in [0.1, 0.15) is 38.8 Å². The standard InChI is InChI=1S/C36H46N2O8/c1-25(2)45-35-29(41-5)21-27(22-30(35)42-6)13-9-11-15-33(39)37-17-19-38(20-18-37)34(40)16-12-10-14-28-23-31(43-7)36(46-26(3)4)32(24-28)44-8/h9-16,21-26H,17-20H2,1-8H3. The first-order valence-corrected chi connectivity index (χ1v) is 15.2. The molecule has 1 saturated heterocycles. The summed E-state index contributed by atoms with van der Waals surface area (Å²) in [5.74, 6) is 3.14. The Morgan fingerprint density at radius 2 is 0.870 bits per heavy atom. The number of hydrogen-bond acceptors (Lipinski definition) is 8. The molecule has 2 aromatic carbocycles. The van der Waals surface area contributed by atoms with Gasteiger partial charge >= 0.3 is 0 Å². The van der Waals surface area contributed by atoms with Gasteiger partial charge in [-0.25, -0.2) is 0 Å². The van der Waals surface area contributed by atoms with Crippen molar-refractivity contribution in [3.63, 3.8) is 0 Å². The fourth-order valence-corrected chi connectivity index (χ4v) is 4.66. The van der Waals surface area contributed by atoms with Crippen LogP contribution in [0.4, 0.5) is 0 Å². The minimum Gasteiger partial charge on any atom is -0.493 e. The molecule has 46 heavy (non-hydrogen) atoms. The highest BCUT2D eigenvalue weighted by Gasteiger charge is 2.22. The molecule has 0 N–H and O–H groups in total. The third-order valence-corrected chi connectivity index (χ3v) is 6.85. The van der Waals surface area contributed by atoms with Crippen LogP contribution in [0.2, 0.25) is 0 Å². The maximum atomic E-state index is 12.7. The second-order valence-electron chi connectivity index (χ2n) is 10.9. The Kier molecular flexibility index (Phi) is 13.6. The molecule has 1 heterocycles. The van der Waals surface area contributed by atoms with Gasteiger partial charge < -0.3 is 38.2 Å². The van der Waals surface area contributed by atoms with Gasteiger partial charge in [0.15, 0.2) is 23.0 Å². The van der Waals surface area contributed by atoms with E-state index in [0.717, 1.165) is 11.1 Å². The van der Waals surface area contributed by atoms with Crippen LogP contribution in [0.3, 0.4) is 0 Å². The normalized spacial score (nSPS) is 13.9. The largest absolute Gasteiger partial charge is 0.493 e. The lowest BCUT2D eigenvalue weighted by Crippen LogP contribution is -2.49. The van der Waals surface area contributed by atoms with Crippen molar-refractivity contribution in [2.75, 3.05) is 54.6 Å². The maximum absolute atomic E-state index is 12.7. The van der Waals surface area contributed by atoms with E-state index in [0.29, 0.717) is 60.7 Å². The Morgan fingerprint density at radius 3 is 1.13 bits per heavy atom. The topological polar surface area (TPSA) is 96.0 Å². The Hall–Kier alpha value is -4.86. The number of carbonyl (C=O) groups excluding carboxylic acids is 2. The summed E-state index contributed by atoms with van der Waals surface area (Å²) in [6.45, 7) is 9.57. The summed E-state index contributed by atoms with van der Waals surface area (Å²) in [5.41, 5.74) is 1.68. The van der Waals surface area contributed by atoms with E-state index in [1.54, 1.807) is 62.5 Å². The first-order chi connectivity index (χ1) is 22.1. The third kappa shape index (κ3) is 10.1. The average molecular weight is 635 g/mol. The van der Waals surface area contributed by atoms with E-state index in [1.807, 2.05) is 64.1 Å². The van der Waals surface area contributed by atoms with Crippen LogP contribution in [-0.2, 0) is 9.59 Å². The molecule has 1 aliphatic heterocycles. The average Bonchev–Trinajstić information content (AvgIpc) is 3.05. The minimum absolute atomic E-state index is 0.0347. The molecule has 0 radical (unpaired) electrons. The predicted molar refractivity (Wildman–Crippen MR) is 180 cm³/mol. The Balaban J connectivity index is 1.52. The summed E-state index contributed by atoms with van der Waals surface area (Å²) in [6, 6.07) is 7.40. The summed E-state index contributed by atoms with van der Waals surface area (Å²) in [7, 11) is 6.32. The van der Waals surface area contributed by atoms with E-state index in [4.69, 9.17) is 28.4 Å². The van der Waals surface area contributed by atoms with Crippen molar-refractivity contribution >= 4 is 24.0 Å². The second kappa shape index (κ2) is 17.6. The molecule has 0 atom stereocenters. The van der Waals surface area contributed by atoms with Gasteiger partial charge in [-0.05, 0) is 63.1 Å². The number of piperazine rings is 1. The quantitative estimate of drug-likeness (QED) is 0.190. The Bertz CT molecular complexity index is 1290. The van der Waals surface area contributed by atoms with Crippen LogP contribution in [0.25, 0.3) is 12.2 Å². The smallest absolute Gasteiger partial charge is 0.246 e. The molecule has 0 bridgehead atoms. The van der Waals surface area contributed by atoms with E-state index in [2.05, 4.69) is 0 Å². The molecule has 2 aromatic rings. The molecule has 2 amide bonds. The molecule has 0 unspecified atom stereocenters. The summed E-state index contributed by atoms with van der Waals surface area (Å²) in [6.07, 6.45) is 13.7. The van der Waals surface area contributed by atoms with Gasteiger partial charge in [-0.2, -0.15) is 0 Å². The van der Waals surface area contributed by atoms with Crippen LogP contribution < -0.4 is 28.4 Å². The van der Waals surface area contributed by atoms with Gasteiger partial charge in [-0.1, -0.05) is 36.5 Å². The number of hydrogen-bond donors (Lipinski definition) is 0. The molecule has 10 heteroatoms. The van der Waals surface area contributed by atoms with Gasteiger partial charge in [0.2, 0.25) is 23.3 Å². The van der Waals surface area contributed by atoms with Gasteiger partial charge in [0.1, 0.15) is 0 Å². The zero-order valence-corrected chi connectivity index (χ0v) is 28.1. The van der Waals surface area contributed by atoms with Gasteiger partial charge in [-0.3, -0.25) is 9.59 Å². The van der Waals surface area contributed by atoms with Crippen molar-refractivity contribution in [1.82, 2.24) is 9.80 Å². The van der Waals surface area contributed by atoms with Crippen molar-refractivity contribution in [2.45, 2.75) is 39.9 Å². The molecule has 1 aliphatic rings. The van der Waals surface area contributed by atoms with Crippen molar-refractivity contribution < 1.29 is 38.0 Å². The van der Waals surface area contributed by atoms with Crippen LogP contribution >= 0.6 is 0 Å². The molecule has 1 fully saturated rings. The summed E-state index contributed by atoms with van der Waals surface area (Å²) in [5, 5.41) is 0. The molecule has 3 rings (SSSR count). The zero-order valence-electron chi connectivity index (χ0n) is 28.1. The molecule has 0 spiro atoms. The van der Waals surface area contributed by atoms with Gasteiger partial charge in [-0.15, -0.1) is 0 Å². The number of benzene rings is 2. The van der Waals surface area contributed by atoms with Crippen molar-refractivity contribution in [3.05, 3.63) is 71.8 Å². The second-order valence-corrected chi connectivity index (χ2v) is 10.9. The number of methoxy groups -OCH3 is 4. The molecule has 0 aliphatic carbocycles. The lowest BCUT2D eigenvalue weighted by atomic mass is 10.1. The van der Waals surface area contributed by atoms with Gasteiger partial charge in [0.25, 0.3) is 0 Å². The van der Waals surface area contributed by atoms with Gasteiger partial charge in [0.05, 0.1) is 40.6 Å². The molecular weight excluding hydrogens is 588 g/mol. The van der Waals surface area contributed by atoms with Crippen molar-refractivity contribution in [3.8, 4) is 34.5 Å². The highest BCUT2D eigenvalue weighted by atomic mass is 16.5. The van der Waals surface area contributed by atoms with Crippen LogP contribution in [0, 0.1) is 0 Å². The number of carbonyl (C=O) groups is 2. The number of amides is 2. The van der Waals surface area contributed by atoms with E-state index < -0.39 is 0 Å². The van der Waals surface area contributed by atoms with E-state index >= 15 is 0 Å². The Labute approximate surface area is 272 Å². The molecule has 10 nitrogen and oxygen atoms in total. The van der Waals surface area contributed by atoms with Crippen LogP contribution in [0.5, 0.6) is 34.5 Å². The first kappa shape index (κ1) is 35.6. The SMILES string of the molecule is COc1cc(C=CC=CC(=O)N2CCN(C(=O)C=CC=Cc3cc(OC)c(OC(C)C)c(OC)c3)CC2)cc(OC)c1OC(C)C. The molecule has 248 valence electrons. The summed E-state index contributed by atoms with van der Waals surface area (Å²) in [4.78, 5) is 28.9. The number of allylic oxidation sites excluding steroid dienone is 4. The predicted octanol–water partition coefficient (Wildman–Crippen LogP) is 5.81. The monoisotopic (exact) mass is 634 g/mol. The molecule has 0 aromatic heterocycles. The van der Waals surface area contributed by atoms with E-state index in [-0.39, 0.29) is 24.0 Å². The number of rotatable bonds is 14.